The van der Waals surface area contributed by atoms with E-state index in [4.69, 9.17) is 9.47 Å². The van der Waals surface area contributed by atoms with Crippen molar-refractivity contribution in [2.45, 2.75) is 142 Å². The lowest BCUT2D eigenvalue weighted by atomic mass is 10.0. The molecular weight excluding hydrogens is 406 g/mol. The number of esters is 2. The highest BCUT2D eigenvalue weighted by molar-refractivity contribution is 5.84. The maximum Gasteiger partial charge on any atom is 0.328 e. The molecule has 0 saturated carbocycles. The Balaban J connectivity index is 3.86. The van der Waals surface area contributed by atoms with Gasteiger partial charge in [-0.3, -0.25) is 9.59 Å². The lowest BCUT2D eigenvalue weighted by Crippen LogP contribution is -2.42. The minimum Gasteiger partial charge on any atom is -0.467 e. The molecule has 0 heterocycles. The molecule has 0 rings (SSSR count). The van der Waals surface area contributed by atoms with Crippen LogP contribution in [0, 0.1) is 0 Å². The molecule has 188 valence electrons. The first-order chi connectivity index (χ1) is 15.2. The summed E-state index contributed by atoms with van der Waals surface area (Å²) in [5.74, 6) is -1.10. The van der Waals surface area contributed by atoms with Crippen molar-refractivity contribution in [3.05, 3.63) is 0 Å². The Morgan fingerprint density at radius 1 is 0.750 bits per heavy atom. The van der Waals surface area contributed by atoms with E-state index in [0.29, 0.717) is 6.42 Å². The molecule has 32 heavy (non-hydrogen) atoms. The summed E-state index contributed by atoms with van der Waals surface area (Å²) in [6.45, 7) is 7.63. The Morgan fingerprint density at radius 3 is 1.66 bits per heavy atom. The highest BCUT2D eigenvalue weighted by Crippen LogP contribution is 2.14. The summed E-state index contributed by atoms with van der Waals surface area (Å²) in [4.78, 5) is 36.0. The van der Waals surface area contributed by atoms with Crippen LogP contribution in [0.4, 0.5) is 0 Å². The number of carbonyl (C=O) groups is 3. The lowest BCUT2D eigenvalue weighted by Gasteiger charge is -2.21. The number of nitrogens with one attached hydrogen (secondary N) is 1. The second-order valence-corrected chi connectivity index (χ2v) is 9.76. The third kappa shape index (κ3) is 19.1. The van der Waals surface area contributed by atoms with E-state index in [-0.39, 0.29) is 18.7 Å². The zero-order valence-corrected chi connectivity index (χ0v) is 21.4. The molecule has 0 aliphatic carbocycles. The summed E-state index contributed by atoms with van der Waals surface area (Å²) in [5, 5.41) is 2.71. The second kappa shape index (κ2) is 18.9. The van der Waals surface area contributed by atoms with E-state index in [1.165, 1.54) is 71.3 Å². The summed E-state index contributed by atoms with van der Waals surface area (Å²) in [7, 11) is 1.28. The summed E-state index contributed by atoms with van der Waals surface area (Å²) in [6, 6.07) is -0.818. The van der Waals surface area contributed by atoms with Crippen molar-refractivity contribution in [2.24, 2.45) is 0 Å². The van der Waals surface area contributed by atoms with E-state index >= 15 is 0 Å². The average Bonchev–Trinajstić information content (AvgIpc) is 2.72. The van der Waals surface area contributed by atoms with Crippen LogP contribution in [-0.2, 0) is 23.9 Å². The predicted octanol–water partition coefficient (Wildman–Crippen LogP) is 6.25. The summed E-state index contributed by atoms with van der Waals surface area (Å²) >= 11 is 0. The highest BCUT2D eigenvalue weighted by atomic mass is 16.6. The van der Waals surface area contributed by atoms with Crippen molar-refractivity contribution < 1.29 is 23.9 Å². The maximum absolute atomic E-state index is 12.2. The standard InChI is InChI=1S/C26H49NO5/c1-6-7-8-9-10-11-12-13-14-15-16-17-18-19-23(28)27-22(25(30)31-5)20-21-24(29)32-26(2,3)4/h22H,6-21H2,1-5H3,(H,27,28)/t22-/m0/s1. The number of methoxy groups -OCH3 is 1. The lowest BCUT2D eigenvalue weighted by molar-refractivity contribution is -0.155. The zero-order chi connectivity index (χ0) is 24.2. The smallest absolute Gasteiger partial charge is 0.328 e. The minimum atomic E-state index is -0.818. The van der Waals surface area contributed by atoms with E-state index in [9.17, 15) is 14.4 Å². The number of hydrogen-bond acceptors (Lipinski definition) is 5. The number of amides is 1. The van der Waals surface area contributed by atoms with E-state index in [0.717, 1.165) is 19.3 Å². The normalized spacial score (nSPS) is 12.3. The van der Waals surface area contributed by atoms with Crippen molar-refractivity contribution in [1.29, 1.82) is 0 Å². The topological polar surface area (TPSA) is 81.7 Å². The van der Waals surface area contributed by atoms with E-state index in [2.05, 4.69) is 12.2 Å². The van der Waals surface area contributed by atoms with Crippen molar-refractivity contribution in [1.82, 2.24) is 5.32 Å². The fourth-order valence-electron chi connectivity index (χ4n) is 3.62. The molecule has 0 unspecified atom stereocenters. The van der Waals surface area contributed by atoms with E-state index in [1.807, 2.05) is 0 Å². The molecule has 6 nitrogen and oxygen atoms in total. The van der Waals surface area contributed by atoms with Crippen molar-refractivity contribution in [3.8, 4) is 0 Å². The molecule has 0 spiro atoms. The number of carbonyl (C=O) groups excluding carboxylic acids is 3. The van der Waals surface area contributed by atoms with Gasteiger partial charge in [0.15, 0.2) is 0 Å². The van der Waals surface area contributed by atoms with Crippen molar-refractivity contribution >= 4 is 17.8 Å². The quantitative estimate of drug-likeness (QED) is 0.184. The molecule has 0 saturated heterocycles. The monoisotopic (exact) mass is 455 g/mol. The van der Waals surface area contributed by atoms with Gasteiger partial charge < -0.3 is 14.8 Å². The number of rotatable bonds is 19. The Bertz CT molecular complexity index is 513. The minimum absolute atomic E-state index is 0.0516. The van der Waals surface area contributed by atoms with Gasteiger partial charge in [-0.25, -0.2) is 4.79 Å². The van der Waals surface area contributed by atoms with E-state index in [1.54, 1.807) is 20.8 Å². The molecule has 1 amide bonds. The van der Waals surface area contributed by atoms with Crippen LogP contribution in [0.1, 0.15) is 130 Å². The van der Waals surface area contributed by atoms with Crippen LogP contribution in [0.5, 0.6) is 0 Å². The summed E-state index contributed by atoms with van der Waals surface area (Å²) in [5.41, 5.74) is -0.574. The molecular formula is C26H49NO5. The van der Waals surface area contributed by atoms with Crippen molar-refractivity contribution in [2.75, 3.05) is 7.11 Å². The SMILES string of the molecule is CCCCCCCCCCCCCCCC(=O)N[C@@H](CCC(=O)OC(C)(C)C)C(=O)OC. The molecule has 0 bridgehead atoms. The average molecular weight is 456 g/mol. The molecule has 0 aromatic carbocycles. The van der Waals surface area contributed by atoms with Crippen LogP contribution in [0.2, 0.25) is 0 Å². The third-order valence-electron chi connectivity index (χ3n) is 5.39. The molecule has 6 heteroatoms. The van der Waals surface area contributed by atoms with Gasteiger partial charge in [0.1, 0.15) is 11.6 Å². The molecule has 0 aromatic rings. The maximum atomic E-state index is 12.2. The first kappa shape index (κ1) is 30.4. The third-order valence-corrected chi connectivity index (χ3v) is 5.39. The highest BCUT2D eigenvalue weighted by Gasteiger charge is 2.24. The predicted molar refractivity (Wildman–Crippen MR) is 129 cm³/mol. The van der Waals surface area contributed by atoms with Crippen LogP contribution in [0.3, 0.4) is 0 Å². The zero-order valence-electron chi connectivity index (χ0n) is 21.4. The van der Waals surface area contributed by atoms with Crippen LogP contribution in [0.25, 0.3) is 0 Å². The summed E-state index contributed by atoms with van der Waals surface area (Å²) < 4.78 is 10.0. The van der Waals surface area contributed by atoms with Crippen LogP contribution < -0.4 is 5.32 Å². The van der Waals surface area contributed by atoms with Gasteiger partial charge in [-0.1, -0.05) is 84.0 Å². The first-order valence-electron chi connectivity index (χ1n) is 12.8. The molecule has 1 atom stereocenters. The van der Waals surface area contributed by atoms with Gasteiger partial charge in [-0.05, 0) is 33.6 Å². The van der Waals surface area contributed by atoms with Crippen LogP contribution >= 0.6 is 0 Å². The van der Waals surface area contributed by atoms with Gasteiger partial charge in [-0.2, -0.15) is 0 Å². The molecule has 0 aromatic heterocycles. The Morgan fingerprint density at radius 2 is 1.22 bits per heavy atom. The Kier molecular flexibility index (Phi) is 18.0. The van der Waals surface area contributed by atoms with Gasteiger partial charge in [0.25, 0.3) is 0 Å². The number of ether oxygens (including phenoxy) is 2. The molecule has 0 aliphatic heterocycles. The Labute approximate surface area is 196 Å². The molecule has 0 radical (unpaired) electrons. The van der Waals surface area contributed by atoms with Gasteiger partial charge in [0.2, 0.25) is 5.91 Å². The molecule has 0 aliphatic rings. The van der Waals surface area contributed by atoms with Crippen molar-refractivity contribution in [3.63, 3.8) is 0 Å². The van der Waals surface area contributed by atoms with Gasteiger partial charge in [0, 0.05) is 12.8 Å². The van der Waals surface area contributed by atoms with Crippen LogP contribution in [0.15, 0.2) is 0 Å². The Hall–Kier alpha value is -1.59. The number of unbranched alkanes of at least 4 members (excludes halogenated alkanes) is 12. The van der Waals surface area contributed by atoms with Gasteiger partial charge in [-0.15, -0.1) is 0 Å². The second-order valence-electron chi connectivity index (χ2n) is 9.76. The first-order valence-corrected chi connectivity index (χ1v) is 12.8. The fourth-order valence-corrected chi connectivity index (χ4v) is 3.62. The van der Waals surface area contributed by atoms with Gasteiger partial charge in [0.05, 0.1) is 7.11 Å². The van der Waals surface area contributed by atoms with Crippen LogP contribution in [-0.4, -0.2) is 36.6 Å². The van der Waals surface area contributed by atoms with Gasteiger partial charge >= 0.3 is 11.9 Å². The van der Waals surface area contributed by atoms with E-state index < -0.39 is 23.6 Å². The summed E-state index contributed by atoms with van der Waals surface area (Å²) in [6.07, 6.45) is 16.9. The number of hydrogen-bond donors (Lipinski definition) is 1. The molecule has 1 N–H and O–H groups in total. The fraction of sp³-hybridized carbons (Fsp3) is 0.885. The largest absolute Gasteiger partial charge is 0.467 e. The molecule has 0 fully saturated rings.